The van der Waals surface area contributed by atoms with E-state index in [1.165, 1.54) is 0 Å². The molecule has 0 spiro atoms. The molecule has 0 aliphatic heterocycles. The fourth-order valence-corrected chi connectivity index (χ4v) is 2.57. The minimum absolute atomic E-state index is 0.492. The highest BCUT2D eigenvalue weighted by atomic mass is 16.5. The number of hydrogen-bond donors (Lipinski definition) is 2. The molecule has 1 aromatic carbocycles. The minimum Gasteiger partial charge on any atom is -0.493 e. The molecule has 0 radical (unpaired) electrons. The SMILES string of the molecule is CCNC(=NCc1ccccc1OCC(C)C)NCCn1cnnc1CC. The van der Waals surface area contributed by atoms with Crippen molar-refractivity contribution in [3.8, 4) is 5.75 Å². The molecular weight excluding hydrogens is 340 g/mol. The summed E-state index contributed by atoms with van der Waals surface area (Å²) in [5.41, 5.74) is 1.09. The van der Waals surface area contributed by atoms with Gasteiger partial charge in [0.1, 0.15) is 17.9 Å². The molecule has 7 nitrogen and oxygen atoms in total. The molecule has 1 heterocycles. The third kappa shape index (κ3) is 6.92. The number of nitrogens with zero attached hydrogens (tertiary/aromatic N) is 4. The van der Waals surface area contributed by atoms with Gasteiger partial charge in [-0.25, -0.2) is 4.99 Å². The van der Waals surface area contributed by atoms with Gasteiger partial charge in [-0.05, 0) is 18.9 Å². The van der Waals surface area contributed by atoms with Crippen LogP contribution in [0.25, 0.3) is 0 Å². The molecule has 1 aromatic heterocycles. The lowest BCUT2D eigenvalue weighted by atomic mass is 10.2. The molecule has 0 amide bonds. The largest absolute Gasteiger partial charge is 0.493 e. The zero-order valence-corrected chi connectivity index (χ0v) is 16.9. The number of aliphatic imine (C=N–C) groups is 1. The maximum Gasteiger partial charge on any atom is 0.191 e. The summed E-state index contributed by atoms with van der Waals surface area (Å²) in [4.78, 5) is 4.71. The van der Waals surface area contributed by atoms with Gasteiger partial charge in [-0.1, -0.05) is 39.0 Å². The van der Waals surface area contributed by atoms with Crippen LogP contribution >= 0.6 is 0 Å². The molecule has 0 fully saturated rings. The predicted octanol–water partition coefficient (Wildman–Crippen LogP) is 2.63. The first-order chi connectivity index (χ1) is 13.1. The van der Waals surface area contributed by atoms with Gasteiger partial charge >= 0.3 is 0 Å². The normalized spacial score (nSPS) is 11.7. The Morgan fingerprint density at radius 3 is 2.78 bits per heavy atom. The molecule has 0 unspecified atom stereocenters. The fourth-order valence-electron chi connectivity index (χ4n) is 2.57. The third-order valence-electron chi connectivity index (χ3n) is 3.95. The molecule has 0 bridgehead atoms. The first kappa shape index (κ1) is 20.7. The molecule has 2 rings (SSSR count). The summed E-state index contributed by atoms with van der Waals surface area (Å²) in [6, 6.07) is 8.09. The van der Waals surface area contributed by atoms with Crippen LogP contribution in [0.2, 0.25) is 0 Å². The zero-order valence-electron chi connectivity index (χ0n) is 16.9. The van der Waals surface area contributed by atoms with E-state index in [4.69, 9.17) is 9.73 Å². The highest BCUT2D eigenvalue weighted by Crippen LogP contribution is 2.19. The summed E-state index contributed by atoms with van der Waals surface area (Å²) in [6.07, 6.45) is 2.65. The van der Waals surface area contributed by atoms with Gasteiger partial charge in [0.05, 0.1) is 13.2 Å². The average molecular weight is 373 g/mol. The Balaban J connectivity index is 1.95. The van der Waals surface area contributed by atoms with Gasteiger partial charge in [0.2, 0.25) is 0 Å². The second-order valence-corrected chi connectivity index (χ2v) is 6.73. The van der Waals surface area contributed by atoms with E-state index in [2.05, 4.69) is 59.2 Å². The van der Waals surface area contributed by atoms with Crippen LogP contribution in [0.5, 0.6) is 5.75 Å². The summed E-state index contributed by atoms with van der Waals surface area (Å²) >= 11 is 0. The van der Waals surface area contributed by atoms with Gasteiger partial charge in [0.25, 0.3) is 0 Å². The molecule has 0 aliphatic rings. The lowest BCUT2D eigenvalue weighted by Gasteiger charge is -2.14. The standard InChI is InChI=1S/C20H32N6O/c1-5-19-25-24-15-26(19)12-11-22-20(21-6-2)23-13-17-9-7-8-10-18(17)27-14-16(3)4/h7-10,15-16H,5-6,11-14H2,1-4H3,(H2,21,22,23). The van der Waals surface area contributed by atoms with E-state index in [0.29, 0.717) is 19.1 Å². The van der Waals surface area contributed by atoms with E-state index < -0.39 is 0 Å². The smallest absolute Gasteiger partial charge is 0.191 e. The lowest BCUT2D eigenvalue weighted by molar-refractivity contribution is 0.268. The van der Waals surface area contributed by atoms with Crippen molar-refractivity contribution in [3.63, 3.8) is 0 Å². The maximum atomic E-state index is 5.92. The van der Waals surface area contributed by atoms with Crippen molar-refractivity contribution in [2.45, 2.75) is 47.2 Å². The highest BCUT2D eigenvalue weighted by Gasteiger charge is 2.05. The van der Waals surface area contributed by atoms with Crippen molar-refractivity contribution in [2.75, 3.05) is 19.7 Å². The van der Waals surface area contributed by atoms with Gasteiger partial charge in [-0.2, -0.15) is 0 Å². The topological polar surface area (TPSA) is 76.4 Å². The molecule has 0 atom stereocenters. The Morgan fingerprint density at radius 2 is 2.04 bits per heavy atom. The van der Waals surface area contributed by atoms with Gasteiger partial charge in [0, 0.05) is 31.6 Å². The molecule has 0 saturated carbocycles. The predicted molar refractivity (Wildman–Crippen MR) is 109 cm³/mol. The first-order valence-corrected chi connectivity index (χ1v) is 9.73. The molecule has 0 aliphatic carbocycles. The summed E-state index contributed by atoms with van der Waals surface area (Å²) in [7, 11) is 0. The Bertz CT molecular complexity index is 710. The van der Waals surface area contributed by atoms with Crippen molar-refractivity contribution in [3.05, 3.63) is 42.0 Å². The van der Waals surface area contributed by atoms with Crippen LogP contribution in [0.3, 0.4) is 0 Å². The number of guanidine groups is 1. The van der Waals surface area contributed by atoms with E-state index >= 15 is 0 Å². The Kier molecular flexibility index (Phi) is 8.61. The minimum atomic E-state index is 0.492. The van der Waals surface area contributed by atoms with Gasteiger partial charge in [0.15, 0.2) is 5.96 Å². The molecule has 2 aromatic rings. The molecule has 7 heteroatoms. The third-order valence-corrected chi connectivity index (χ3v) is 3.95. The van der Waals surface area contributed by atoms with E-state index in [0.717, 1.165) is 49.2 Å². The van der Waals surface area contributed by atoms with Crippen LogP contribution in [0, 0.1) is 5.92 Å². The Labute approximate surface area is 162 Å². The van der Waals surface area contributed by atoms with E-state index in [1.54, 1.807) is 6.33 Å². The number of para-hydroxylation sites is 1. The zero-order chi connectivity index (χ0) is 19.5. The molecule has 148 valence electrons. The van der Waals surface area contributed by atoms with Crippen LogP contribution in [-0.2, 0) is 19.5 Å². The monoisotopic (exact) mass is 372 g/mol. The van der Waals surface area contributed by atoms with Gasteiger partial charge in [-0.15, -0.1) is 10.2 Å². The van der Waals surface area contributed by atoms with Crippen molar-refractivity contribution in [2.24, 2.45) is 10.9 Å². The number of aromatic nitrogens is 3. The number of ether oxygens (including phenoxy) is 1. The van der Waals surface area contributed by atoms with E-state index in [-0.39, 0.29) is 0 Å². The molecular formula is C20H32N6O. The van der Waals surface area contributed by atoms with Gasteiger partial charge < -0.3 is 19.9 Å². The molecule has 0 saturated heterocycles. The van der Waals surface area contributed by atoms with Crippen molar-refractivity contribution in [1.82, 2.24) is 25.4 Å². The number of rotatable bonds is 10. The van der Waals surface area contributed by atoms with E-state index in [1.807, 2.05) is 18.2 Å². The van der Waals surface area contributed by atoms with Crippen molar-refractivity contribution >= 4 is 5.96 Å². The maximum absolute atomic E-state index is 5.92. The van der Waals surface area contributed by atoms with Crippen LogP contribution in [0.4, 0.5) is 0 Å². The lowest BCUT2D eigenvalue weighted by Crippen LogP contribution is -2.38. The Morgan fingerprint density at radius 1 is 1.22 bits per heavy atom. The summed E-state index contributed by atoms with van der Waals surface area (Å²) < 4.78 is 7.98. The number of benzene rings is 1. The second-order valence-electron chi connectivity index (χ2n) is 6.73. The summed E-state index contributed by atoms with van der Waals surface area (Å²) in [5, 5.41) is 14.7. The molecule has 27 heavy (non-hydrogen) atoms. The van der Waals surface area contributed by atoms with Crippen molar-refractivity contribution < 1.29 is 4.74 Å². The van der Waals surface area contributed by atoms with Gasteiger partial charge in [-0.3, -0.25) is 0 Å². The summed E-state index contributed by atoms with van der Waals surface area (Å²) in [6.45, 7) is 12.1. The quantitative estimate of drug-likeness (QED) is 0.495. The molecule has 2 N–H and O–H groups in total. The van der Waals surface area contributed by atoms with E-state index in [9.17, 15) is 0 Å². The summed E-state index contributed by atoms with van der Waals surface area (Å²) in [5.74, 6) is 3.19. The average Bonchev–Trinajstić information content (AvgIpc) is 3.12. The van der Waals surface area contributed by atoms with Crippen LogP contribution in [0.1, 0.15) is 39.1 Å². The Hall–Kier alpha value is -2.57. The second kappa shape index (κ2) is 11.2. The van der Waals surface area contributed by atoms with Crippen LogP contribution in [-0.4, -0.2) is 40.4 Å². The van der Waals surface area contributed by atoms with Crippen molar-refractivity contribution in [1.29, 1.82) is 0 Å². The van der Waals surface area contributed by atoms with Crippen LogP contribution in [0.15, 0.2) is 35.6 Å². The number of aryl methyl sites for hydroxylation is 1. The number of hydrogen-bond acceptors (Lipinski definition) is 4. The van der Waals surface area contributed by atoms with Crippen LogP contribution < -0.4 is 15.4 Å². The first-order valence-electron chi connectivity index (χ1n) is 9.73. The fraction of sp³-hybridized carbons (Fsp3) is 0.550. The number of nitrogens with one attached hydrogen (secondary N) is 2. The highest BCUT2D eigenvalue weighted by molar-refractivity contribution is 5.79.